The molecule has 0 saturated carbocycles. The molecular weight excluding hydrogens is 164 g/mol. The van der Waals surface area contributed by atoms with E-state index in [9.17, 15) is 0 Å². The van der Waals surface area contributed by atoms with Crippen LogP contribution in [0.1, 0.15) is 5.56 Å². The zero-order chi connectivity index (χ0) is 9.52. The minimum absolute atomic E-state index is 0.0487. The van der Waals surface area contributed by atoms with E-state index in [0.717, 1.165) is 12.7 Å². The Morgan fingerprint density at radius 1 is 1.38 bits per heavy atom. The zero-order valence-electron chi connectivity index (χ0n) is 7.68. The summed E-state index contributed by atoms with van der Waals surface area (Å²) < 4.78 is 5.15. The molecule has 0 spiro atoms. The highest BCUT2D eigenvalue weighted by Crippen LogP contribution is 2.05. The van der Waals surface area contributed by atoms with Crippen LogP contribution in [0.3, 0.4) is 0 Å². The topological polar surface area (TPSA) is 29.5 Å². The molecule has 1 rings (SSSR count). The molecule has 2 heteroatoms. The van der Waals surface area contributed by atoms with Gasteiger partial charge in [-0.1, -0.05) is 30.3 Å². The fraction of sp³-hybridized carbons (Fsp3) is 0.273. The van der Waals surface area contributed by atoms with Crippen LogP contribution in [0.4, 0.5) is 0 Å². The molecule has 13 heavy (non-hydrogen) atoms. The first kappa shape index (κ1) is 9.81. The summed E-state index contributed by atoms with van der Waals surface area (Å²) in [6.07, 6.45) is 3.39. The summed E-state index contributed by atoms with van der Waals surface area (Å²) in [4.78, 5) is 0. The van der Waals surface area contributed by atoms with Crippen LogP contribution in [0.2, 0.25) is 0 Å². The third kappa shape index (κ3) is 3.30. The molecule has 1 aromatic rings. The molecular formula is C11H14O2. The number of aliphatic hydroxyl groups excluding tert-OH is 1. The van der Waals surface area contributed by atoms with Gasteiger partial charge in [0.1, 0.15) is 0 Å². The van der Waals surface area contributed by atoms with Crippen LogP contribution < -0.4 is 0 Å². The molecule has 0 aliphatic heterocycles. The molecule has 1 unspecified atom stereocenters. The van der Waals surface area contributed by atoms with E-state index in [-0.39, 0.29) is 6.10 Å². The number of hydrogen-bond donors (Lipinski definition) is 1. The van der Waals surface area contributed by atoms with Crippen LogP contribution in [0.5, 0.6) is 0 Å². The summed E-state index contributed by atoms with van der Waals surface area (Å²) in [5, 5.41) is 8.59. The lowest BCUT2D eigenvalue weighted by molar-refractivity contribution is 0.139. The molecule has 0 heterocycles. The molecule has 0 fully saturated rings. The molecule has 0 aromatic heterocycles. The van der Waals surface area contributed by atoms with E-state index in [1.807, 2.05) is 30.3 Å². The Balaban J connectivity index is 2.56. The predicted molar refractivity (Wildman–Crippen MR) is 52.7 cm³/mol. The van der Waals surface area contributed by atoms with Gasteiger partial charge in [-0.2, -0.15) is 0 Å². The van der Waals surface area contributed by atoms with Crippen molar-refractivity contribution in [1.82, 2.24) is 0 Å². The van der Waals surface area contributed by atoms with E-state index in [4.69, 9.17) is 9.84 Å². The van der Waals surface area contributed by atoms with Gasteiger partial charge in [-0.05, 0) is 11.6 Å². The average Bonchev–Trinajstić information content (AvgIpc) is 2.19. The van der Waals surface area contributed by atoms with Crippen LogP contribution in [0.15, 0.2) is 42.7 Å². The quantitative estimate of drug-likeness (QED) is 0.717. The van der Waals surface area contributed by atoms with Crippen molar-refractivity contribution in [2.24, 2.45) is 0 Å². The first-order valence-corrected chi connectivity index (χ1v) is 4.24. The minimum Gasteiger partial charge on any atom is -0.516 e. The minimum atomic E-state index is -0.0487. The molecule has 0 bridgehead atoms. The van der Waals surface area contributed by atoms with E-state index in [2.05, 4.69) is 0 Å². The van der Waals surface area contributed by atoms with Crippen LogP contribution in [0, 0.1) is 0 Å². The van der Waals surface area contributed by atoms with Crippen LogP contribution in [0.25, 0.3) is 0 Å². The highest BCUT2D eigenvalue weighted by molar-refractivity contribution is 5.16. The van der Waals surface area contributed by atoms with Gasteiger partial charge in [0.2, 0.25) is 0 Å². The molecule has 0 aliphatic rings. The summed E-state index contributed by atoms with van der Waals surface area (Å²) in [6.45, 7) is 0. The highest BCUT2D eigenvalue weighted by atomic mass is 16.5. The molecule has 2 nitrogen and oxygen atoms in total. The van der Waals surface area contributed by atoms with Crippen molar-refractivity contribution in [3.8, 4) is 0 Å². The number of rotatable bonds is 4. The second-order valence-corrected chi connectivity index (χ2v) is 2.81. The van der Waals surface area contributed by atoms with Crippen molar-refractivity contribution in [3.63, 3.8) is 0 Å². The number of hydrogen-bond acceptors (Lipinski definition) is 2. The standard InChI is InChI=1S/C11H14O2/c1-13-11(7-8-12)9-10-5-3-2-4-6-10/h2-8,11-12H,9H2,1H3. The van der Waals surface area contributed by atoms with E-state index >= 15 is 0 Å². The van der Waals surface area contributed by atoms with Gasteiger partial charge in [0.05, 0.1) is 12.4 Å². The summed E-state index contributed by atoms with van der Waals surface area (Å²) in [5.41, 5.74) is 1.20. The first-order chi connectivity index (χ1) is 6.36. The maximum atomic E-state index is 8.59. The summed E-state index contributed by atoms with van der Waals surface area (Å²) in [7, 11) is 1.63. The summed E-state index contributed by atoms with van der Waals surface area (Å²) in [6, 6.07) is 10.0. The van der Waals surface area contributed by atoms with Gasteiger partial charge in [0.25, 0.3) is 0 Å². The van der Waals surface area contributed by atoms with Gasteiger partial charge >= 0.3 is 0 Å². The molecule has 1 aromatic carbocycles. The van der Waals surface area contributed by atoms with Gasteiger partial charge in [0.15, 0.2) is 0 Å². The molecule has 70 valence electrons. The first-order valence-electron chi connectivity index (χ1n) is 4.24. The fourth-order valence-corrected chi connectivity index (χ4v) is 1.17. The van der Waals surface area contributed by atoms with Crippen molar-refractivity contribution in [1.29, 1.82) is 0 Å². The molecule has 1 atom stereocenters. The third-order valence-corrected chi connectivity index (χ3v) is 1.88. The number of aliphatic hydroxyl groups is 1. The summed E-state index contributed by atoms with van der Waals surface area (Å²) >= 11 is 0. The van der Waals surface area contributed by atoms with Gasteiger partial charge in [0, 0.05) is 13.5 Å². The molecule has 0 radical (unpaired) electrons. The van der Waals surface area contributed by atoms with E-state index in [1.165, 1.54) is 5.56 Å². The van der Waals surface area contributed by atoms with Crippen molar-refractivity contribution < 1.29 is 9.84 Å². The average molecular weight is 178 g/mol. The monoisotopic (exact) mass is 178 g/mol. The predicted octanol–water partition coefficient (Wildman–Crippen LogP) is 2.32. The Bertz CT molecular complexity index is 254. The maximum Gasteiger partial charge on any atom is 0.0824 e. The number of methoxy groups -OCH3 is 1. The number of ether oxygens (including phenoxy) is 1. The third-order valence-electron chi connectivity index (χ3n) is 1.88. The Morgan fingerprint density at radius 3 is 2.62 bits per heavy atom. The second kappa shape index (κ2) is 5.38. The fourth-order valence-electron chi connectivity index (χ4n) is 1.17. The Hall–Kier alpha value is -1.28. The maximum absolute atomic E-state index is 8.59. The van der Waals surface area contributed by atoms with Crippen LogP contribution in [-0.2, 0) is 11.2 Å². The van der Waals surface area contributed by atoms with Crippen LogP contribution in [-0.4, -0.2) is 18.3 Å². The van der Waals surface area contributed by atoms with Crippen LogP contribution >= 0.6 is 0 Å². The lowest BCUT2D eigenvalue weighted by atomic mass is 10.1. The Labute approximate surface area is 78.5 Å². The lowest BCUT2D eigenvalue weighted by Gasteiger charge is -2.09. The normalized spacial score (nSPS) is 13.3. The van der Waals surface area contributed by atoms with Gasteiger partial charge in [-0.15, -0.1) is 0 Å². The molecule has 1 N–H and O–H groups in total. The lowest BCUT2D eigenvalue weighted by Crippen LogP contribution is -2.10. The SMILES string of the molecule is COC(C=CO)Cc1ccccc1. The zero-order valence-corrected chi connectivity index (χ0v) is 7.68. The number of benzene rings is 1. The van der Waals surface area contributed by atoms with Crippen molar-refractivity contribution in [3.05, 3.63) is 48.2 Å². The van der Waals surface area contributed by atoms with Gasteiger partial charge < -0.3 is 9.84 Å². The molecule has 0 aliphatic carbocycles. The Kier molecular flexibility index (Phi) is 4.06. The summed E-state index contributed by atoms with van der Waals surface area (Å²) in [5.74, 6) is 0. The second-order valence-electron chi connectivity index (χ2n) is 2.81. The van der Waals surface area contributed by atoms with Crippen molar-refractivity contribution in [2.75, 3.05) is 7.11 Å². The van der Waals surface area contributed by atoms with Gasteiger partial charge in [-0.25, -0.2) is 0 Å². The van der Waals surface area contributed by atoms with Crippen molar-refractivity contribution >= 4 is 0 Å². The largest absolute Gasteiger partial charge is 0.516 e. The van der Waals surface area contributed by atoms with E-state index in [1.54, 1.807) is 13.2 Å². The van der Waals surface area contributed by atoms with Gasteiger partial charge in [-0.3, -0.25) is 0 Å². The van der Waals surface area contributed by atoms with Crippen molar-refractivity contribution in [2.45, 2.75) is 12.5 Å². The van der Waals surface area contributed by atoms with E-state index in [0.29, 0.717) is 0 Å². The Morgan fingerprint density at radius 2 is 2.08 bits per heavy atom. The highest BCUT2D eigenvalue weighted by Gasteiger charge is 2.03. The molecule has 0 amide bonds. The van der Waals surface area contributed by atoms with E-state index < -0.39 is 0 Å². The smallest absolute Gasteiger partial charge is 0.0824 e. The molecule has 0 saturated heterocycles.